The van der Waals surface area contributed by atoms with E-state index in [1.54, 1.807) is 6.21 Å². The van der Waals surface area contributed by atoms with Gasteiger partial charge in [-0.3, -0.25) is 4.79 Å². The number of H-pyrrole nitrogens is 1. The molecule has 0 bridgehead atoms. The molecule has 2 rings (SSSR count). The molecule has 1 aromatic carbocycles. The Bertz CT molecular complexity index is 682. The van der Waals surface area contributed by atoms with Crippen LogP contribution in [-0.2, 0) is 4.79 Å². The zero-order valence-electron chi connectivity index (χ0n) is 13.4. The summed E-state index contributed by atoms with van der Waals surface area (Å²) < 4.78 is 5.57. The Morgan fingerprint density at radius 2 is 1.95 bits per heavy atom. The Morgan fingerprint density at radius 3 is 2.55 bits per heavy atom. The van der Waals surface area contributed by atoms with Crippen molar-refractivity contribution >= 4 is 12.1 Å². The van der Waals surface area contributed by atoms with Gasteiger partial charge >= 0.3 is 0 Å². The number of nitrogens with one attached hydrogen (secondary N) is 2. The summed E-state index contributed by atoms with van der Waals surface area (Å²) >= 11 is 0. The van der Waals surface area contributed by atoms with Crippen LogP contribution in [-0.4, -0.2) is 23.7 Å². The highest BCUT2D eigenvalue weighted by molar-refractivity contribution is 5.84. The molecular formula is C17H21N3O2. The molecule has 0 saturated heterocycles. The molecule has 1 aromatic heterocycles. The number of carbonyl (C=O) groups is 1. The molecule has 1 heterocycles. The van der Waals surface area contributed by atoms with Crippen molar-refractivity contribution in [3.05, 3.63) is 52.3 Å². The number of aromatic amines is 1. The van der Waals surface area contributed by atoms with Gasteiger partial charge in [-0.25, -0.2) is 5.43 Å². The number of hydrogen-bond acceptors (Lipinski definition) is 3. The van der Waals surface area contributed by atoms with Crippen LogP contribution < -0.4 is 10.2 Å². The van der Waals surface area contributed by atoms with Gasteiger partial charge in [0.1, 0.15) is 5.75 Å². The lowest BCUT2D eigenvalue weighted by Crippen LogP contribution is -2.25. The normalized spacial score (nSPS) is 10.9. The van der Waals surface area contributed by atoms with Crippen LogP contribution in [0.15, 0.2) is 29.4 Å². The largest absolute Gasteiger partial charge is 0.483 e. The second-order valence-corrected chi connectivity index (χ2v) is 5.34. The first-order chi connectivity index (χ1) is 10.5. The maximum atomic E-state index is 11.8. The highest BCUT2D eigenvalue weighted by atomic mass is 16.5. The molecule has 0 atom stereocenters. The molecule has 2 aromatic rings. The first kappa shape index (κ1) is 15.8. The van der Waals surface area contributed by atoms with Crippen molar-refractivity contribution in [2.24, 2.45) is 5.10 Å². The van der Waals surface area contributed by atoms with Crippen LogP contribution in [0.3, 0.4) is 0 Å². The summed E-state index contributed by atoms with van der Waals surface area (Å²) in [4.78, 5) is 14.9. The molecule has 0 spiro atoms. The van der Waals surface area contributed by atoms with E-state index in [0.717, 1.165) is 33.8 Å². The highest BCUT2D eigenvalue weighted by Gasteiger charge is 2.06. The molecule has 116 valence electrons. The fourth-order valence-electron chi connectivity index (χ4n) is 2.25. The standard InChI is InChI=1S/C17H21N3O2/c1-11-6-5-7-12(2)17(11)22-10-16(21)20-18-9-15-8-13(3)19-14(15)4/h5-9,19H,10H2,1-4H3,(H,20,21)/b18-9+. The molecule has 0 saturated carbocycles. The fourth-order valence-corrected chi connectivity index (χ4v) is 2.25. The van der Waals surface area contributed by atoms with Gasteiger partial charge in [0, 0.05) is 17.0 Å². The van der Waals surface area contributed by atoms with Gasteiger partial charge in [0.15, 0.2) is 6.61 Å². The van der Waals surface area contributed by atoms with E-state index in [-0.39, 0.29) is 12.5 Å². The number of ether oxygens (including phenoxy) is 1. The van der Waals surface area contributed by atoms with Crippen LogP contribution in [0.25, 0.3) is 0 Å². The van der Waals surface area contributed by atoms with E-state index in [4.69, 9.17) is 4.74 Å². The lowest BCUT2D eigenvalue weighted by Gasteiger charge is -2.10. The second-order valence-electron chi connectivity index (χ2n) is 5.34. The number of nitrogens with zero attached hydrogens (tertiary/aromatic N) is 1. The highest BCUT2D eigenvalue weighted by Crippen LogP contribution is 2.21. The minimum Gasteiger partial charge on any atom is -0.483 e. The third-order valence-corrected chi connectivity index (χ3v) is 3.34. The third-order valence-electron chi connectivity index (χ3n) is 3.34. The van der Waals surface area contributed by atoms with Crippen molar-refractivity contribution in [1.29, 1.82) is 0 Å². The fraction of sp³-hybridized carbons (Fsp3) is 0.294. The van der Waals surface area contributed by atoms with Crippen molar-refractivity contribution in [1.82, 2.24) is 10.4 Å². The number of benzene rings is 1. The lowest BCUT2D eigenvalue weighted by molar-refractivity contribution is -0.123. The van der Waals surface area contributed by atoms with Crippen LogP contribution in [0.1, 0.15) is 28.1 Å². The zero-order chi connectivity index (χ0) is 16.1. The number of rotatable bonds is 5. The zero-order valence-corrected chi connectivity index (χ0v) is 13.4. The molecule has 2 N–H and O–H groups in total. The number of carbonyl (C=O) groups excluding carboxylic acids is 1. The minimum absolute atomic E-state index is 0.0613. The monoisotopic (exact) mass is 299 g/mol. The molecule has 0 fully saturated rings. The molecular weight excluding hydrogens is 278 g/mol. The van der Waals surface area contributed by atoms with Crippen LogP contribution in [0.2, 0.25) is 0 Å². The first-order valence-corrected chi connectivity index (χ1v) is 7.14. The molecule has 5 heteroatoms. The van der Waals surface area contributed by atoms with E-state index < -0.39 is 0 Å². The summed E-state index contributed by atoms with van der Waals surface area (Å²) in [5, 5.41) is 3.95. The molecule has 0 aliphatic carbocycles. The number of hydrogen-bond donors (Lipinski definition) is 2. The van der Waals surface area contributed by atoms with E-state index >= 15 is 0 Å². The van der Waals surface area contributed by atoms with Crippen molar-refractivity contribution in [2.75, 3.05) is 6.61 Å². The summed E-state index contributed by atoms with van der Waals surface area (Å²) in [5.41, 5.74) is 7.51. The van der Waals surface area contributed by atoms with Gasteiger partial charge in [0.05, 0.1) is 6.21 Å². The van der Waals surface area contributed by atoms with E-state index in [0.29, 0.717) is 0 Å². The number of aryl methyl sites for hydroxylation is 4. The predicted octanol–water partition coefficient (Wildman–Crippen LogP) is 2.78. The average Bonchev–Trinajstić information content (AvgIpc) is 2.76. The summed E-state index contributed by atoms with van der Waals surface area (Å²) in [6.07, 6.45) is 1.62. The molecule has 5 nitrogen and oxygen atoms in total. The maximum absolute atomic E-state index is 11.8. The third kappa shape index (κ3) is 3.97. The summed E-state index contributed by atoms with van der Waals surface area (Å²) in [7, 11) is 0. The molecule has 22 heavy (non-hydrogen) atoms. The van der Waals surface area contributed by atoms with Gasteiger partial charge in [0.2, 0.25) is 0 Å². The molecule has 0 aliphatic heterocycles. The topological polar surface area (TPSA) is 66.5 Å². The Labute approximate surface area is 130 Å². The molecule has 0 radical (unpaired) electrons. The van der Waals surface area contributed by atoms with Crippen molar-refractivity contribution in [3.63, 3.8) is 0 Å². The van der Waals surface area contributed by atoms with Crippen LogP contribution in [0, 0.1) is 27.7 Å². The van der Waals surface area contributed by atoms with Crippen LogP contribution in [0.4, 0.5) is 0 Å². The van der Waals surface area contributed by atoms with Gasteiger partial charge < -0.3 is 9.72 Å². The number of hydrazone groups is 1. The average molecular weight is 299 g/mol. The Hall–Kier alpha value is -2.56. The van der Waals surface area contributed by atoms with Gasteiger partial charge in [-0.05, 0) is 44.9 Å². The number of para-hydroxylation sites is 1. The first-order valence-electron chi connectivity index (χ1n) is 7.14. The lowest BCUT2D eigenvalue weighted by atomic mass is 10.1. The maximum Gasteiger partial charge on any atom is 0.277 e. The van der Waals surface area contributed by atoms with E-state index in [9.17, 15) is 4.79 Å². The summed E-state index contributed by atoms with van der Waals surface area (Å²) in [6, 6.07) is 7.84. The SMILES string of the molecule is Cc1cc(/C=N/NC(=O)COc2c(C)cccc2C)c(C)[nH]1. The Balaban J connectivity index is 1.87. The van der Waals surface area contributed by atoms with Crippen LogP contribution in [0.5, 0.6) is 5.75 Å². The number of aromatic nitrogens is 1. The van der Waals surface area contributed by atoms with Gasteiger partial charge in [-0.1, -0.05) is 18.2 Å². The smallest absolute Gasteiger partial charge is 0.277 e. The number of amides is 1. The molecule has 1 amide bonds. The van der Waals surface area contributed by atoms with Crippen molar-refractivity contribution < 1.29 is 9.53 Å². The summed E-state index contributed by atoms with van der Waals surface area (Å²) in [5.74, 6) is 0.461. The molecule has 0 aliphatic rings. The Kier molecular flexibility index (Phi) is 4.99. The predicted molar refractivity (Wildman–Crippen MR) is 87.4 cm³/mol. The van der Waals surface area contributed by atoms with E-state index in [1.165, 1.54) is 0 Å². The Morgan fingerprint density at radius 1 is 1.27 bits per heavy atom. The van der Waals surface area contributed by atoms with E-state index in [2.05, 4.69) is 15.5 Å². The summed E-state index contributed by atoms with van der Waals surface area (Å²) in [6.45, 7) is 7.78. The van der Waals surface area contributed by atoms with Crippen molar-refractivity contribution in [3.8, 4) is 5.75 Å². The van der Waals surface area contributed by atoms with Crippen LogP contribution >= 0.6 is 0 Å². The van der Waals surface area contributed by atoms with E-state index in [1.807, 2.05) is 52.0 Å². The molecule has 0 unspecified atom stereocenters. The minimum atomic E-state index is -0.288. The second kappa shape index (κ2) is 6.93. The van der Waals surface area contributed by atoms with Gasteiger partial charge in [-0.15, -0.1) is 0 Å². The van der Waals surface area contributed by atoms with Crippen molar-refractivity contribution in [2.45, 2.75) is 27.7 Å². The van der Waals surface area contributed by atoms with Gasteiger partial charge in [0.25, 0.3) is 5.91 Å². The van der Waals surface area contributed by atoms with Gasteiger partial charge in [-0.2, -0.15) is 5.10 Å². The quantitative estimate of drug-likeness (QED) is 0.658.